The lowest BCUT2D eigenvalue weighted by molar-refractivity contribution is -0.137. The molecule has 0 saturated carbocycles. The molecular formula is C28H22F3N5O3. The molecule has 0 spiro atoms. The SMILES string of the molecule is [C-]#[N+]c1c(C(=O)OCC)nn2c1CC(C)=C(C(=O)Cc1ccc3[nH]ncc3c1)C2c1ccc(C(F)(F)F)cc1. The van der Waals surface area contributed by atoms with Crippen LogP contribution in [0.1, 0.15) is 52.8 Å². The maximum atomic E-state index is 13.8. The van der Waals surface area contributed by atoms with Gasteiger partial charge >= 0.3 is 12.1 Å². The Morgan fingerprint density at radius 2 is 1.95 bits per heavy atom. The molecule has 1 unspecified atom stereocenters. The molecule has 0 amide bonds. The lowest BCUT2D eigenvalue weighted by atomic mass is 9.85. The number of aromatic nitrogens is 4. The van der Waals surface area contributed by atoms with Gasteiger partial charge in [-0.1, -0.05) is 23.8 Å². The lowest BCUT2D eigenvalue weighted by Crippen LogP contribution is -2.28. The highest BCUT2D eigenvalue weighted by atomic mass is 19.4. The number of carbonyl (C=O) groups excluding carboxylic acids is 2. The third kappa shape index (κ3) is 4.69. The Morgan fingerprint density at radius 3 is 2.62 bits per heavy atom. The number of esters is 1. The Hall–Kier alpha value is -4.72. The highest BCUT2D eigenvalue weighted by Gasteiger charge is 2.37. The summed E-state index contributed by atoms with van der Waals surface area (Å²) < 4.78 is 46.4. The standard InChI is InChI=1S/C28H22F3N5O3/c1-4-39-27(38)25-24(32-3)21-11-15(2)23(22(37)13-16-5-10-20-18(12-16)14-33-34-20)26(36(21)35-25)17-6-8-19(9-7-17)28(29,30)31/h5-10,12,14,26H,4,11,13H2,1-2H3,(H,33,34). The van der Waals surface area contributed by atoms with Crippen molar-refractivity contribution >= 4 is 28.3 Å². The van der Waals surface area contributed by atoms with Crippen LogP contribution in [-0.2, 0) is 28.5 Å². The quantitative estimate of drug-likeness (QED) is 0.251. The number of Topliss-reactive ketones (excluding diaryl/α,β-unsaturated/α-hetero) is 1. The number of halogens is 3. The summed E-state index contributed by atoms with van der Waals surface area (Å²) in [5, 5.41) is 12.1. The molecule has 1 aliphatic heterocycles. The molecule has 1 N–H and O–H groups in total. The summed E-state index contributed by atoms with van der Waals surface area (Å²) in [6.07, 6.45) is -2.68. The van der Waals surface area contributed by atoms with Gasteiger partial charge in [0.1, 0.15) is 6.04 Å². The Balaban J connectivity index is 1.62. The van der Waals surface area contributed by atoms with Crippen LogP contribution in [0.4, 0.5) is 18.9 Å². The highest BCUT2D eigenvalue weighted by Crippen LogP contribution is 2.41. The van der Waals surface area contributed by atoms with Crippen molar-refractivity contribution in [1.29, 1.82) is 0 Å². The number of carbonyl (C=O) groups is 2. The minimum atomic E-state index is -4.54. The maximum Gasteiger partial charge on any atom is 0.416 e. The van der Waals surface area contributed by atoms with Crippen LogP contribution in [0.15, 0.2) is 59.8 Å². The number of aromatic amines is 1. The predicted molar refractivity (Wildman–Crippen MR) is 135 cm³/mol. The molecular weight excluding hydrogens is 511 g/mol. The number of ketones is 1. The molecule has 0 aliphatic carbocycles. The van der Waals surface area contributed by atoms with Crippen LogP contribution in [0.3, 0.4) is 0 Å². The number of alkyl halides is 3. The summed E-state index contributed by atoms with van der Waals surface area (Å²) in [5.41, 5.74) is 2.29. The molecule has 0 saturated heterocycles. The number of H-pyrrole nitrogens is 1. The first kappa shape index (κ1) is 25.9. The third-order valence-electron chi connectivity index (χ3n) is 6.70. The summed E-state index contributed by atoms with van der Waals surface area (Å²) in [6, 6.07) is 9.01. The number of benzene rings is 2. The number of hydrogen-bond donors (Lipinski definition) is 1. The minimum absolute atomic E-state index is 0.00150. The predicted octanol–water partition coefficient (Wildman–Crippen LogP) is 5.78. The van der Waals surface area contributed by atoms with Gasteiger partial charge in [-0.2, -0.15) is 23.4 Å². The van der Waals surface area contributed by atoms with Gasteiger partial charge in [0.25, 0.3) is 0 Å². The van der Waals surface area contributed by atoms with E-state index < -0.39 is 23.8 Å². The van der Waals surface area contributed by atoms with Crippen molar-refractivity contribution in [1.82, 2.24) is 20.0 Å². The Morgan fingerprint density at radius 1 is 1.21 bits per heavy atom. The van der Waals surface area contributed by atoms with Gasteiger partial charge in [0.15, 0.2) is 11.5 Å². The molecule has 1 aliphatic rings. The van der Waals surface area contributed by atoms with Gasteiger partial charge < -0.3 is 4.74 Å². The molecule has 4 aromatic rings. The first-order valence-electron chi connectivity index (χ1n) is 12.1. The highest BCUT2D eigenvalue weighted by molar-refractivity contribution is 6.00. The van der Waals surface area contributed by atoms with Crippen LogP contribution in [0.2, 0.25) is 0 Å². The van der Waals surface area contributed by atoms with E-state index in [0.717, 1.165) is 28.6 Å². The van der Waals surface area contributed by atoms with Crippen molar-refractivity contribution in [3.63, 3.8) is 0 Å². The van der Waals surface area contributed by atoms with E-state index in [1.165, 1.54) is 16.8 Å². The molecule has 39 heavy (non-hydrogen) atoms. The normalized spacial score (nSPS) is 15.2. The first-order chi connectivity index (χ1) is 18.6. The van der Waals surface area contributed by atoms with Gasteiger partial charge in [-0.3, -0.25) is 14.6 Å². The van der Waals surface area contributed by atoms with E-state index >= 15 is 0 Å². The Kier molecular flexibility index (Phi) is 6.56. The largest absolute Gasteiger partial charge is 0.462 e. The van der Waals surface area contributed by atoms with Gasteiger partial charge in [-0.05, 0) is 49.2 Å². The zero-order valence-corrected chi connectivity index (χ0v) is 21.0. The van der Waals surface area contributed by atoms with Crippen molar-refractivity contribution in [2.45, 2.75) is 38.9 Å². The number of nitrogens with one attached hydrogen (secondary N) is 1. The molecule has 0 bridgehead atoms. The molecule has 1 atom stereocenters. The number of ether oxygens (including phenoxy) is 1. The zero-order chi connectivity index (χ0) is 27.9. The molecule has 5 rings (SSSR count). The number of hydrogen-bond acceptors (Lipinski definition) is 5. The second kappa shape index (κ2) is 9.87. The third-order valence-corrected chi connectivity index (χ3v) is 6.70. The molecule has 11 heteroatoms. The van der Waals surface area contributed by atoms with Crippen LogP contribution in [0, 0.1) is 6.57 Å². The Bertz CT molecular complexity index is 1670. The van der Waals surface area contributed by atoms with Gasteiger partial charge in [0.05, 0.1) is 36.1 Å². The Labute approximate surface area is 220 Å². The fourth-order valence-corrected chi connectivity index (χ4v) is 4.93. The van der Waals surface area contributed by atoms with E-state index in [4.69, 9.17) is 11.3 Å². The van der Waals surface area contributed by atoms with E-state index in [2.05, 4.69) is 20.1 Å². The summed E-state index contributed by atoms with van der Waals surface area (Å²) in [7, 11) is 0. The average molecular weight is 534 g/mol. The number of fused-ring (bicyclic) bond motifs is 2. The van der Waals surface area contributed by atoms with Crippen LogP contribution in [0.5, 0.6) is 0 Å². The minimum Gasteiger partial charge on any atom is -0.462 e. The fourth-order valence-electron chi connectivity index (χ4n) is 4.93. The number of allylic oxidation sites excluding steroid dienone is 2. The summed E-state index contributed by atoms with van der Waals surface area (Å²) in [6.45, 7) is 11.1. The van der Waals surface area contributed by atoms with Gasteiger partial charge in [-0.25, -0.2) is 9.64 Å². The zero-order valence-electron chi connectivity index (χ0n) is 21.0. The molecule has 0 radical (unpaired) electrons. The summed E-state index contributed by atoms with van der Waals surface area (Å²) >= 11 is 0. The molecule has 2 aromatic carbocycles. The smallest absolute Gasteiger partial charge is 0.416 e. The summed E-state index contributed by atoms with van der Waals surface area (Å²) in [5.74, 6) is -1.03. The van der Waals surface area contributed by atoms with Crippen molar-refractivity contribution in [3.8, 4) is 0 Å². The number of rotatable bonds is 6. The van der Waals surface area contributed by atoms with E-state index in [9.17, 15) is 22.8 Å². The molecule has 0 fully saturated rings. The van der Waals surface area contributed by atoms with E-state index in [0.29, 0.717) is 22.4 Å². The molecule has 2 aromatic heterocycles. The van der Waals surface area contributed by atoms with Crippen LogP contribution < -0.4 is 0 Å². The van der Waals surface area contributed by atoms with Crippen molar-refractivity contribution < 1.29 is 27.5 Å². The van der Waals surface area contributed by atoms with E-state index in [-0.39, 0.29) is 36.6 Å². The average Bonchev–Trinajstić information content (AvgIpc) is 3.51. The topological polar surface area (TPSA) is 94.2 Å². The molecule has 8 nitrogen and oxygen atoms in total. The molecule has 198 valence electrons. The van der Waals surface area contributed by atoms with Gasteiger partial charge in [0.2, 0.25) is 5.69 Å². The van der Waals surface area contributed by atoms with Crippen molar-refractivity contribution in [3.05, 3.63) is 99.3 Å². The second-order valence-corrected chi connectivity index (χ2v) is 9.21. The van der Waals surface area contributed by atoms with E-state index in [1.807, 2.05) is 12.1 Å². The first-order valence-corrected chi connectivity index (χ1v) is 12.1. The van der Waals surface area contributed by atoms with E-state index in [1.54, 1.807) is 26.1 Å². The number of nitrogens with zero attached hydrogens (tertiary/aromatic N) is 4. The van der Waals surface area contributed by atoms with Crippen LogP contribution >= 0.6 is 0 Å². The fraction of sp³-hybridized carbons (Fsp3) is 0.250. The van der Waals surface area contributed by atoms with Crippen LogP contribution in [-0.4, -0.2) is 38.3 Å². The monoisotopic (exact) mass is 533 g/mol. The van der Waals surface area contributed by atoms with Crippen molar-refractivity contribution in [2.24, 2.45) is 0 Å². The van der Waals surface area contributed by atoms with Gasteiger partial charge in [0, 0.05) is 23.8 Å². The van der Waals surface area contributed by atoms with Crippen LogP contribution in [0.25, 0.3) is 15.7 Å². The molecule has 3 heterocycles. The maximum absolute atomic E-state index is 13.8. The lowest BCUT2D eigenvalue weighted by Gasteiger charge is -2.30. The summed E-state index contributed by atoms with van der Waals surface area (Å²) in [4.78, 5) is 29.9. The second-order valence-electron chi connectivity index (χ2n) is 9.21. The van der Waals surface area contributed by atoms with Gasteiger partial charge in [-0.15, -0.1) is 0 Å². The van der Waals surface area contributed by atoms with Crippen molar-refractivity contribution in [2.75, 3.05) is 6.61 Å².